The minimum Gasteiger partial charge on any atom is -0.497 e. The second-order valence-corrected chi connectivity index (χ2v) is 7.42. The molecule has 0 saturated heterocycles. The van der Waals surface area contributed by atoms with Crippen LogP contribution in [0.1, 0.15) is 24.2 Å². The smallest absolute Gasteiger partial charge is 0.341 e. The number of methoxy groups -OCH3 is 1. The van der Waals surface area contributed by atoms with Crippen LogP contribution in [0.3, 0.4) is 0 Å². The summed E-state index contributed by atoms with van der Waals surface area (Å²) in [7, 11) is 1.59. The monoisotopic (exact) mass is 455 g/mol. The van der Waals surface area contributed by atoms with E-state index in [9.17, 15) is 9.59 Å². The summed E-state index contributed by atoms with van der Waals surface area (Å²) in [6, 6.07) is 14.3. The van der Waals surface area contributed by atoms with E-state index in [0.717, 1.165) is 11.3 Å². The number of benzene rings is 2. The van der Waals surface area contributed by atoms with Crippen molar-refractivity contribution >= 4 is 28.2 Å². The molecule has 0 unspecified atom stereocenters. The molecule has 3 aromatic rings. The largest absolute Gasteiger partial charge is 0.497 e. The summed E-state index contributed by atoms with van der Waals surface area (Å²) in [5, 5.41) is 5.00. The highest BCUT2D eigenvalue weighted by Crippen LogP contribution is 2.36. The van der Waals surface area contributed by atoms with Crippen LogP contribution in [0.5, 0.6) is 17.2 Å². The maximum absolute atomic E-state index is 12.7. The Balaban J connectivity index is 1.73. The van der Waals surface area contributed by atoms with Gasteiger partial charge in [0.2, 0.25) is 0 Å². The minimum atomic E-state index is -0.498. The Morgan fingerprint density at radius 1 is 0.875 bits per heavy atom. The molecule has 0 aliphatic heterocycles. The van der Waals surface area contributed by atoms with Crippen LogP contribution in [-0.2, 0) is 9.53 Å². The lowest BCUT2D eigenvalue weighted by atomic mass is 10.0. The first-order valence-electron chi connectivity index (χ1n) is 10.1. The number of amides is 1. The number of esters is 1. The lowest BCUT2D eigenvalue weighted by Crippen LogP contribution is -2.21. The summed E-state index contributed by atoms with van der Waals surface area (Å²) >= 11 is 1.26. The molecule has 3 rings (SSSR count). The number of nitrogens with one attached hydrogen (secondary N) is 1. The molecule has 0 atom stereocenters. The highest BCUT2D eigenvalue weighted by molar-refractivity contribution is 7.15. The Morgan fingerprint density at radius 3 is 2.09 bits per heavy atom. The van der Waals surface area contributed by atoms with Crippen LogP contribution < -0.4 is 19.5 Å². The molecule has 0 fully saturated rings. The Labute approximate surface area is 190 Å². The number of carbonyl (C=O) groups is 2. The van der Waals surface area contributed by atoms with Crippen molar-refractivity contribution < 1.29 is 28.5 Å². The van der Waals surface area contributed by atoms with Crippen LogP contribution in [-0.4, -0.2) is 38.8 Å². The van der Waals surface area contributed by atoms with Crippen molar-refractivity contribution in [3.8, 4) is 28.4 Å². The Bertz CT molecular complexity index is 1040. The van der Waals surface area contributed by atoms with Crippen molar-refractivity contribution in [3.63, 3.8) is 0 Å². The average Bonchev–Trinajstić information content (AvgIpc) is 3.22. The molecule has 2 aromatic carbocycles. The van der Waals surface area contributed by atoms with Crippen LogP contribution in [0.4, 0.5) is 5.00 Å². The van der Waals surface area contributed by atoms with Gasteiger partial charge in [0.25, 0.3) is 5.91 Å². The van der Waals surface area contributed by atoms with Gasteiger partial charge in [-0.05, 0) is 55.8 Å². The van der Waals surface area contributed by atoms with Crippen molar-refractivity contribution in [1.82, 2.24) is 0 Å². The van der Waals surface area contributed by atoms with E-state index in [-0.39, 0.29) is 19.1 Å². The highest BCUT2D eigenvalue weighted by Gasteiger charge is 2.23. The van der Waals surface area contributed by atoms with Crippen LogP contribution in [0.2, 0.25) is 0 Å². The summed E-state index contributed by atoms with van der Waals surface area (Å²) in [6.45, 7) is 4.24. The zero-order valence-corrected chi connectivity index (χ0v) is 19.0. The van der Waals surface area contributed by atoms with Crippen LogP contribution in [0, 0.1) is 0 Å². The molecule has 7 nitrogen and oxygen atoms in total. The number of carbonyl (C=O) groups excluding carboxylic acids is 2. The van der Waals surface area contributed by atoms with Gasteiger partial charge in [-0.3, -0.25) is 4.79 Å². The third-order valence-electron chi connectivity index (χ3n) is 4.43. The van der Waals surface area contributed by atoms with E-state index in [1.54, 1.807) is 38.3 Å². The maximum Gasteiger partial charge on any atom is 0.341 e. The third-order valence-corrected chi connectivity index (χ3v) is 5.32. The van der Waals surface area contributed by atoms with Crippen molar-refractivity contribution in [2.45, 2.75) is 13.8 Å². The fraction of sp³-hybridized carbons (Fsp3) is 0.250. The second kappa shape index (κ2) is 11.2. The van der Waals surface area contributed by atoms with Gasteiger partial charge in [-0.1, -0.05) is 12.1 Å². The lowest BCUT2D eigenvalue weighted by molar-refractivity contribution is -0.118. The predicted molar refractivity (Wildman–Crippen MR) is 124 cm³/mol. The number of hydrogen-bond donors (Lipinski definition) is 1. The average molecular weight is 456 g/mol. The number of anilines is 1. The lowest BCUT2D eigenvalue weighted by Gasteiger charge is -2.10. The predicted octanol–water partition coefficient (Wildman–Crippen LogP) is 5.02. The van der Waals surface area contributed by atoms with E-state index in [1.807, 2.05) is 36.6 Å². The molecule has 0 aliphatic rings. The molecule has 0 bridgehead atoms. The van der Waals surface area contributed by atoms with Crippen molar-refractivity contribution in [3.05, 3.63) is 59.5 Å². The fourth-order valence-electron chi connectivity index (χ4n) is 2.95. The molecule has 0 aliphatic carbocycles. The van der Waals surface area contributed by atoms with Crippen molar-refractivity contribution in [2.75, 3.05) is 32.2 Å². The second-order valence-electron chi connectivity index (χ2n) is 6.54. The number of ether oxygens (including phenoxy) is 4. The zero-order valence-electron chi connectivity index (χ0n) is 18.2. The Hall–Kier alpha value is -3.52. The maximum atomic E-state index is 12.7. The van der Waals surface area contributed by atoms with Gasteiger partial charge in [0.1, 0.15) is 27.8 Å². The van der Waals surface area contributed by atoms with Crippen LogP contribution in [0.25, 0.3) is 11.1 Å². The molecule has 168 valence electrons. The SMILES string of the molecule is CCOC(=O)c1c(-c2ccc(OC)cc2)csc1NC(=O)COc1ccc(OCC)cc1. The van der Waals surface area contributed by atoms with E-state index in [4.69, 9.17) is 18.9 Å². The van der Waals surface area contributed by atoms with Crippen molar-refractivity contribution in [1.29, 1.82) is 0 Å². The molecular weight excluding hydrogens is 430 g/mol. The molecule has 0 spiro atoms. The summed E-state index contributed by atoms with van der Waals surface area (Å²) in [5.74, 6) is 1.10. The summed E-state index contributed by atoms with van der Waals surface area (Å²) < 4.78 is 21.4. The van der Waals surface area contributed by atoms with E-state index in [2.05, 4.69) is 5.32 Å². The van der Waals surface area contributed by atoms with Gasteiger partial charge in [-0.2, -0.15) is 0 Å². The van der Waals surface area contributed by atoms with Gasteiger partial charge in [0.15, 0.2) is 6.61 Å². The van der Waals surface area contributed by atoms with Gasteiger partial charge in [-0.15, -0.1) is 11.3 Å². The first-order chi connectivity index (χ1) is 15.5. The molecule has 1 aromatic heterocycles. The van der Waals surface area contributed by atoms with Crippen molar-refractivity contribution in [2.24, 2.45) is 0 Å². The van der Waals surface area contributed by atoms with E-state index in [0.29, 0.717) is 34.2 Å². The molecule has 1 N–H and O–H groups in total. The molecule has 1 amide bonds. The summed E-state index contributed by atoms with van der Waals surface area (Å²) in [6.07, 6.45) is 0. The van der Waals surface area contributed by atoms with Crippen LogP contribution in [0.15, 0.2) is 53.9 Å². The topological polar surface area (TPSA) is 83.1 Å². The Kier molecular flexibility index (Phi) is 8.10. The summed E-state index contributed by atoms with van der Waals surface area (Å²) in [4.78, 5) is 25.1. The molecule has 0 saturated carbocycles. The van der Waals surface area contributed by atoms with E-state index in [1.165, 1.54) is 11.3 Å². The molecule has 32 heavy (non-hydrogen) atoms. The molecule has 8 heteroatoms. The molecule has 0 radical (unpaired) electrons. The summed E-state index contributed by atoms with van der Waals surface area (Å²) in [5.41, 5.74) is 1.81. The van der Waals surface area contributed by atoms with Gasteiger partial charge in [0, 0.05) is 10.9 Å². The number of rotatable bonds is 10. The van der Waals surface area contributed by atoms with Gasteiger partial charge in [0.05, 0.1) is 20.3 Å². The minimum absolute atomic E-state index is 0.202. The van der Waals surface area contributed by atoms with Gasteiger partial charge < -0.3 is 24.3 Å². The zero-order chi connectivity index (χ0) is 22.9. The highest BCUT2D eigenvalue weighted by atomic mass is 32.1. The van der Waals surface area contributed by atoms with Crippen LogP contribution >= 0.6 is 11.3 Å². The fourth-order valence-corrected chi connectivity index (χ4v) is 3.92. The number of hydrogen-bond acceptors (Lipinski definition) is 7. The Morgan fingerprint density at radius 2 is 1.50 bits per heavy atom. The van der Waals surface area contributed by atoms with E-state index < -0.39 is 5.97 Å². The standard InChI is InChI=1S/C24H25NO6S/c1-4-29-18-10-12-19(13-11-18)31-14-21(26)25-23-22(24(27)30-5-2)20(15-32-23)16-6-8-17(28-3)9-7-16/h6-13,15H,4-5,14H2,1-3H3,(H,25,26). The first-order valence-corrected chi connectivity index (χ1v) is 11.0. The quantitative estimate of drug-likeness (QED) is 0.433. The van der Waals surface area contributed by atoms with Gasteiger partial charge >= 0.3 is 5.97 Å². The van der Waals surface area contributed by atoms with Gasteiger partial charge in [-0.25, -0.2) is 4.79 Å². The molecule has 1 heterocycles. The molecular formula is C24H25NO6S. The first kappa shape index (κ1) is 23.1. The normalized spacial score (nSPS) is 10.3. The number of thiophene rings is 1. The third kappa shape index (κ3) is 5.79. The van der Waals surface area contributed by atoms with E-state index >= 15 is 0 Å².